The van der Waals surface area contributed by atoms with Gasteiger partial charge in [-0.2, -0.15) is 11.3 Å². The molecule has 2 aromatic heterocycles. The molecule has 0 radical (unpaired) electrons. The van der Waals surface area contributed by atoms with Crippen molar-refractivity contribution >= 4 is 17.2 Å². The summed E-state index contributed by atoms with van der Waals surface area (Å²) in [6.07, 6.45) is 4.82. The predicted octanol–water partition coefficient (Wildman–Crippen LogP) is 2.50. The Hall–Kier alpha value is -1.76. The van der Waals surface area contributed by atoms with E-state index in [-0.39, 0.29) is 18.1 Å². The average molecular weight is 357 g/mol. The lowest BCUT2D eigenvalue weighted by molar-refractivity contribution is -0.0156. The maximum absolute atomic E-state index is 12.9. The molecule has 3 atom stereocenters. The van der Waals surface area contributed by atoms with Crippen LogP contribution < -0.4 is 0 Å². The van der Waals surface area contributed by atoms with E-state index in [0.29, 0.717) is 5.92 Å². The van der Waals surface area contributed by atoms with Gasteiger partial charge in [-0.15, -0.1) is 0 Å². The summed E-state index contributed by atoms with van der Waals surface area (Å²) < 4.78 is 5.75. The van der Waals surface area contributed by atoms with Crippen molar-refractivity contribution in [3.63, 3.8) is 0 Å². The average Bonchev–Trinajstić information content (AvgIpc) is 3.31. The Morgan fingerprint density at radius 3 is 2.88 bits per heavy atom. The number of carbonyl (C=O) groups excluding carboxylic acids is 1. The zero-order valence-electron chi connectivity index (χ0n) is 14.4. The zero-order valence-corrected chi connectivity index (χ0v) is 15.2. The Balaban J connectivity index is 1.52. The standard InChI is InChI=1S/C19H23N3O2S/c1-24-18-4-8-22(19(23)15-5-9-25-13-15)17-12-21(11-16(17)18)10-14-2-6-20-7-3-14/h2-3,5-7,9,13,16-18H,4,8,10-12H2,1H3/t16-,17+,18-/m1/s1. The maximum Gasteiger partial charge on any atom is 0.255 e. The number of piperidine rings is 1. The molecule has 0 aliphatic carbocycles. The highest BCUT2D eigenvalue weighted by atomic mass is 32.1. The maximum atomic E-state index is 12.9. The van der Waals surface area contributed by atoms with E-state index >= 15 is 0 Å². The summed E-state index contributed by atoms with van der Waals surface area (Å²) in [5, 5.41) is 3.92. The van der Waals surface area contributed by atoms with E-state index in [1.807, 2.05) is 29.2 Å². The molecule has 1 amide bonds. The van der Waals surface area contributed by atoms with Gasteiger partial charge in [-0.25, -0.2) is 0 Å². The summed E-state index contributed by atoms with van der Waals surface area (Å²) in [5.41, 5.74) is 2.07. The number of ether oxygens (including phenoxy) is 1. The van der Waals surface area contributed by atoms with Gasteiger partial charge in [0, 0.05) is 57.0 Å². The van der Waals surface area contributed by atoms with Gasteiger partial charge in [-0.3, -0.25) is 14.7 Å². The number of aromatic nitrogens is 1. The highest BCUT2D eigenvalue weighted by Crippen LogP contribution is 2.34. The molecule has 4 rings (SSSR count). The molecule has 2 fully saturated rings. The molecule has 0 saturated carbocycles. The highest BCUT2D eigenvalue weighted by Gasteiger charge is 2.46. The van der Waals surface area contributed by atoms with Gasteiger partial charge in [0.1, 0.15) is 0 Å². The Morgan fingerprint density at radius 2 is 2.16 bits per heavy atom. The first-order chi connectivity index (χ1) is 12.3. The number of thiophene rings is 1. The van der Waals surface area contributed by atoms with Gasteiger partial charge in [-0.1, -0.05) is 0 Å². The molecule has 25 heavy (non-hydrogen) atoms. The number of rotatable bonds is 4. The quantitative estimate of drug-likeness (QED) is 0.843. The van der Waals surface area contributed by atoms with Gasteiger partial charge in [0.25, 0.3) is 5.91 Å². The number of amides is 1. The van der Waals surface area contributed by atoms with Crippen LogP contribution in [0.4, 0.5) is 0 Å². The number of likely N-dealkylation sites (tertiary alicyclic amines) is 2. The fourth-order valence-corrected chi connectivity index (χ4v) is 4.84. The van der Waals surface area contributed by atoms with Crippen LogP contribution in [-0.2, 0) is 11.3 Å². The fraction of sp³-hybridized carbons (Fsp3) is 0.474. The molecule has 0 N–H and O–H groups in total. The van der Waals surface area contributed by atoms with Gasteiger partial charge >= 0.3 is 0 Å². The number of hydrogen-bond donors (Lipinski definition) is 0. The van der Waals surface area contributed by atoms with Crippen molar-refractivity contribution in [1.82, 2.24) is 14.8 Å². The molecule has 0 unspecified atom stereocenters. The zero-order chi connectivity index (χ0) is 17.2. The number of hydrogen-bond acceptors (Lipinski definition) is 5. The van der Waals surface area contributed by atoms with Crippen LogP contribution in [-0.4, -0.2) is 59.6 Å². The van der Waals surface area contributed by atoms with E-state index in [9.17, 15) is 4.79 Å². The first-order valence-electron chi connectivity index (χ1n) is 8.73. The number of fused-ring (bicyclic) bond motifs is 1. The Bertz CT molecular complexity index is 707. The molecule has 2 aromatic rings. The summed E-state index contributed by atoms with van der Waals surface area (Å²) in [4.78, 5) is 21.5. The second-order valence-electron chi connectivity index (χ2n) is 6.85. The van der Waals surface area contributed by atoms with Crippen LogP contribution >= 0.6 is 11.3 Å². The van der Waals surface area contributed by atoms with Crippen LogP contribution in [0.5, 0.6) is 0 Å². The third-order valence-electron chi connectivity index (χ3n) is 5.43. The summed E-state index contributed by atoms with van der Waals surface area (Å²) in [5.74, 6) is 0.541. The summed E-state index contributed by atoms with van der Waals surface area (Å²) in [7, 11) is 1.80. The third kappa shape index (κ3) is 3.34. The van der Waals surface area contributed by atoms with E-state index < -0.39 is 0 Å². The minimum absolute atomic E-state index is 0.163. The third-order valence-corrected chi connectivity index (χ3v) is 6.11. The number of pyridine rings is 1. The second kappa shape index (κ2) is 7.23. The van der Waals surface area contributed by atoms with E-state index in [0.717, 1.165) is 38.2 Å². The Labute approximate surface area is 152 Å². The van der Waals surface area contributed by atoms with Crippen molar-refractivity contribution in [2.24, 2.45) is 5.92 Å². The summed E-state index contributed by atoms with van der Waals surface area (Å²) in [6.45, 7) is 3.55. The van der Waals surface area contributed by atoms with Gasteiger partial charge in [0.15, 0.2) is 0 Å². The first-order valence-corrected chi connectivity index (χ1v) is 9.68. The molecule has 4 heterocycles. The number of carbonyl (C=O) groups is 1. The van der Waals surface area contributed by atoms with Crippen LogP contribution in [0, 0.1) is 5.92 Å². The fourth-order valence-electron chi connectivity index (χ4n) is 4.21. The molecule has 6 heteroatoms. The van der Waals surface area contributed by atoms with Crippen LogP contribution in [0.25, 0.3) is 0 Å². The topological polar surface area (TPSA) is 45.7 Å². The van der Waals surface area contributed by atoms with E-state index in [4.69, 9.17) is 4.74 Å². The summed E-state index contributed by atoms with van der Waals surface area (Å²) in [6, 6.07) is 6.27. The highest BCUT2D eigenvalue weighted by molar-refractivity contribution is 7.08. The minimum atomic E-state index is 0.163. The number of nitrogens with zero attached hydrogens (tertiary/aromatic N) is 3. The monoisotopic (exact) mass is 357 g/mol. The van der Waals surface area contributed by atoms with Crippen molar-refractivity contribution in [2.75, 3.05) is 26.7 Å². The normalized spacial score (nSPS) is 26.6. The predicted molar refractivity (Wildman–Crippen MR) is 97.6 cm³/mol. The molecule has 2 aliphatic rings. The smallest absolute Gasteiger partial charge is 0.255 e. The second-order valence-corrected chi connectivity index (χ2v) is 7.63. The Morgan fingerprint density at radius 1 is 1.32 bits per heavy atom. The van der Waals surface area contributed by atoms with Gasteiger partial charge < -0.3 is 9.64 Å². The molecule has 132 valence electrons. The largest absolute Gasteiger partial charge is 0.381 e. The number of methoxy groups -OCH3 is 1. The molecule has 2 aliphatic heterocycles. The van der Waals surface area contributed by atoms with Crippen LogP contribution in [0.2, 0.25) is 0 Å². The van der Waals surface area contributed by atoms with E-state index in [1.54, 1.807) is 18.4 Å². The van der Waals surface area contributed by atoms with Crippen molar-refractivity contribution < 1.29 is 9.53 Å². The van der Waals surface area contributed by atoms with Crippen molar-refractivity contribution in [3.05, 3.63) is 52.5 Å². The summed E-state index contributed by atoms with van der Waals surface area (Å²) >= 11 is 1.58. The lowest BCUT2D eigenvalue weighted by atomic mass is 9.88. The van der Waals surface area contributed by atoms with Crippen LogP contribution in [0.15, 0.2) is 41.4 Å². The van der Waals surface area contributed by atoms with Gasteiger partial charge in [-0.05, 0) is 35.6 Å². The van der Waals surface area contributed by atoms with Gasteiger partial charge in [0.2, 0.25) is 0 Å². The lowest BCUT2D eigenvalue weighted by Gasteiger charge is -2.41. The lowest BCUT2D eigenvalue weighted by Crippen LogP contribution is -2.53. The van der Waals surface area contributed by atoms with Gasteiger partial charge in [0.05, 0.1) is 17.7 Å². The SMILES string of the molecule is CO[C@@H]1CCN(C(=O)c2ccsc2)[C@H]2CN(Cc3ccncc3)C[C@@H]12. The van der Waals surface area contributed by atoms with E-state index in [2.05, 4.69) is 26.9 Å². The molecule has 0 aromatic carbocycles. The molecule has 0 spiro atoms. The first kappa shape index (κ1) is 16.7. The minimum Gasteiger partial charge on any atom is -0.381 e. The molecular weight excluding hydrogens is 334 g/mol. The van der Waals surface area contributed by atoms with E-state index in [1.165, 1.54) is 5.56 Å². The van der Waals surface area contributed by atoms with Crippen LogP contribution in [0.3, 0.4) is 0 Å². The van der Waals surface area contributed by atoms with Crippen molar-refractivity contribution in [2.45, 2.75) is 25.1 Å². The Kier molecular flexibility index (Phi) is 4.83. The van der Waals surface area contributed by atoms with Crippen molar-refractivity contribution in [1.29, 1.82) is 0 Å². The molecular formula is C19H23N3O2S. The molecule has 2 saturated heterocycles. The molecule has 5 nitrogen and oxygen atoms in total. The molecule has 0 bridgehead atoms. The van der Waals surface area contributed by atoms with Crippen LogP contribution in [0.1, 0.15) is 22.3 Å². The van der Waals surface area contributed by atoms with Crippen molar-refractivity contribution in [3.8, 4) is 0 Å².